The molecule has 1 aromatic rings. The number of nitrogens with zero attached hydrogens (tertiary/aromatic N) is 1. The number of nitrogens with one attached hydrogen (secondary N) is 3. The van der Waals surface area contributed by atoms with Crippen LogP contribution in [0.3, 0.4) is 0 Å². The number of halogens is 1. The maximum Gasteiger partial charge on any atom is 0.213 e. The molecule has 0 radical (unpaired) electrons. The molecule has 1 saturated heterocycles. The molecule has 1 aliphatic rings. The lowest BCUT2D eigenvalue weighted by molar-refractivity contribution is 0.0200. The predicted octanol–water partition coefficient (Wildman–Crippen LogP) is 1.56. The van der Waals surface area contributed by atoms with Gasteiger partial charge in [-0.25, -0.2) is 18.1 Å². The molecule has 1 aromatic carbocycles. The SMILES string of the molecule is CCNC(=NCC(C)(O)c1ccccc1)NCCS(=O)(=O)NCC1CCCCO1.I. The number of rotatable bonds is 10. The number of hydrogen-bond acceptors (Lipinski definition) is 5. The van der Waals surface area contributed by atoms with E-state index in [0.29, 0.717) is 25.7 Å². The summed E-state index contributed by atoms with van der Waals surface area (Å²) in [6.07, 6.45) is 2.96. The van der Waals surface area contributed by atoms with Crippen LogP contribution in [-0.4, -0.2) is 64.1 Å². The van der Waals surface area contributed by atoms with Crippen molar-refractivity contribution in [3.05, 3.63) is 35.9 Å². The standard InChI is InChI=1S/C20H34N4O4S.HI/c1-3-21-19(23-16-20(2,25)17-9-5-4-6-10-17)22-12-14-29(26,27)24-15-18-11-7-8-13-28-18;/h4-6,9-10,18,24-25H,3,7-8,11-16H2,1-2H3,(H2,21,22,23);1H. The molecule has 0 spiro atoms. The van der Waals surface area contributed by atoms with E-state index in [0.717, 1.165) is 24.8 Å². The van der Waals surface area contributed by atoms with Gasteiger partial charge in [0, 0.05) is 26.2 Å². The molecule has 2 atom stereocenters. The molecule has 1 fully saturated rings. The summed E-state index contributed by atoms with van der Waals surface area (Å²) in [6.45, 7) is 5.63. The van der Waals surface area contributed by atoms with E-state index in [2.05, 4.69) is 20.3 Å². The normalized spacial score (nSPS) is 19.4. The average molecular weight is 554 g/mol. The second kappa shape index (κ2) is 13.5. The summed E-state index contributed by atoms with van der Waals surface area (Å²) < 4.78 is 32.6. The molecular formula is C20H35IN4O4S. The van der Waals surface area contributed by atoms with Gasteiger partial charge < -0.3 is 20.5 Å². The van der Waals surface area contributed by atoms with Gasteiger partial charge >= 0.3 is 0 Å². The van der Waals surface area contributed by atoms with Gasteiger partial charge in [-0.15, -0.1) is 24.0 Å². The van der Waals surface area contributed by atoms with E-state index in [-0.39, 0.29) is 48.9 Å². The number of aliphatic hydroxyl groups is 1. The van der Waals surface area contributed by atoms with Crippen molar-refractivity contribution in [2.75, 3.05) is 38.5 Å². The minimum Gasteiger partial charge on any atom is -0.384 e. The van der Waals surface area contributed by atoms with E-state index in [1.165, 1.54) is 0 Å². The van der Waals surface area contributed by atoms with Gasteiger partial charge in [-0.05, 0) is 38.7 Å². The monoisotopic (exact) mass is 554 g/mol. The zero-order valence-corrected chi connectivity index (χ0v) is 20.9. The molecule has 30 heavy (non-hydrogen) atoms. The minimum atomic E-state index is -3.40. The van der Waals surface area contributed by atoms with E-state index in [1.807, 2.05) is 37.3 Å². The van der Waals surface area contributed by atoms with Gasteiger partial charge in [-0.2, -0.15) is 0 Å². The topological polar surface area (TPSA) is 112 Å². The zero-order chi connectivity index (χ0) is 21.2. The first-order chi connectivity index (χ1) is 13.8. The van der Waals surface area contributed by atoms with Crippen molar-refractivity contribution in [2.45, 2.75) is 44.8 Å². The molecule has 10 heteroatoms. The van der Waals surface area contributed by atoms with Gasteiger partial charge in [0.2, 0.25) is 10.0 Å². The fraction of sp³-hybridized carbons (Fsp3) is 0.650. The summed E-state index contributed by atoms with van der Waals surface area (Å²) in [6, 6.07) is 9.33. The van der Waals surface area contributed by atoms with Crippen LogP contribution in [0.15, 0.2) is 35.3 Å². The molecular weight excluding hydrogens is 519 g/mol. The lowest BCUT2D eigenvalue weighted by Crippen LogP contribution is -2.43. The molecule has 8 nitrogen and oxygen atoms in total. The van der Waals surface area contributed by atoms with Crippen LogP contribution in [0.5, 0.6) is 0 Å². The maximum atomic E-state index is 12.2. The molecule has 2 rings (SSSR count). The molecule has 2 unspecified atom stereocenters. The lowest BCUT2D eigenvalue weighted by Gasteiger charge is -2.23. The van der Waals surface area contributed by atoms with Crippen LogP contribution in [0.2, 0.25) is 0 Å². The average Bonchev–Trinajstić information content (AvgIpc) is 2.72. The number of sulfonamides is 1. The molecule has 0 aromatic heterocycles. The van der Waals surface area contributed by atoms with Crippen molar-refractivity contribution < 1.29 is 18.3 Å². The largest absolute Gasteiger partial charge is 0.384 e. The van der Waals surface area contributed by atoms with Crippen molar-refractivity contribution in [2.24, 2.45) is 4.99 Å². The summed E-state index contributed by atoms with van der Waals surface area (Å²) in [5.41, 5.74) is -0.339. The molecule has 172 valence electrons. The lowest BCUT2D eigenvalue weighted by atomic mass is 9.96. The Labute approximate surface area is 197 Å². The second-order valence-electron chi connectivity index (χ2n) is 7.42. The highest BCUT2D eigenvalue weighted by Crippen LogP contribution is 2.20. The van der Waals surface area contributed by atoms with E-state index in [9.17, 15) is 13.5 Å². The van der Waals surface area contributed by atoms with Gasteiger partial charge in [-0.3, -0.25) is 0 Å². The Kier molecular flexibility index (Phi) is 12.2. The fourth-order valence-corrected chi connectivity index (χ4v) is 3.98. The van der Waals surface area contributed by atoms with Crippen LogP contribution < -0.4 is 15.4 Å². The van der Waals surface area contributed by atoms with Gasteiger partial charge in [0.05, 0.1) is 18.4 Å². The Bertz CT molecular complexity index is 738. The van der Waals surface area contributed by atoms with Crippen LogP contribution >= 0.6 is 24.0 Å². The van der Waals surface area contributed by atoms with Crippen molar-refractivity contribution in [3.63, 3.8) is 0 Å². The Morgan fingerprint density at radius 1 is 1.27 bits per heavy atom. The molecule has 1 aliphatic heterocycles. The molecule has 4 N–H and O–H groups in total. The van der Waals surface area contributed by atoms with E-state index >= 15 is 0 Å². The number of guanidine groups is 1. The number of benzene rings is 1. The number of ether oxygens (including phenoxy) is 1. The predicted molar refractivity (Wildman–Crippen MR) is 131 cm³/mol. The van der Waals surface area contributed by atoms with Crippen LogP contribution in [0, 0.1) is 0 Å². The van der Waals surface area contributed by atoms with E-state index < -0.39 is 15.6 Å². The summed E-state index contributed by atoms with van der Waals surface area (Å²) in [4.78, 5) is 4.41. The first-order valence-corrected chi connectivity index (χ1v) is 11.9. The molecule has 0 saturated carbocycles. The Morgan fingerprint density at radius 3 is 2.63 bits per heavy atom. The third-order valence-corrected chi connectivity index (χ3v) is 6.10. The minimum absolute atomic E-state index is 0. The second-order valence-corrected chi connectivity index (χ2v) is 9.34. The van der Waals surface area contributed by atoms with Crippen molar-refractivity contribution >= 4 is 40.0 Å². The van der Waals surface area contributed by atoms with Crippen LogP contribution in [-0.2, 0) is 20.4 Å². The fourth-order valence-electron chi connectivity index (χ4n) is 3.03. The molecule has 0 aliphatic carbocycles. The van der Waals surface area contributed by atoms with Crippen LogP contribution in [0.25, 0.3) is 0 Å². The van der Waals surface area contributed by atoms with Gasteiger partial charge in [-0.1, -0.05) is 30.3 Å². The molecule has 0 amide bonds. The van der Waals surface area contributed by atoms with Crippen LogP contribution in [0.4, 0.5) is 0 Å². The highest BCUT2D eigenvalue weighted by atomic mass is 127. The van der Waals surface area contributed by atoms with Crippen molar-refractivity contribution in [3.8, 4) is 0 Å². The highest BCUT2D eigenvalue weighted by Gasteiger charge is 2.22. The van der Waals surface area contributed by atoms with E-state index in [4.69, 9.17) is 4.74 Å². The van der Waals surface area contributed by atoms with Gasteiger partial charge in [0.15, 0.2) is 5.96 Å². The summed E-state index contributed by atoms with van der Waals surface area (Å²) >= 11 is 0. The highest BCUT2D eigenvalue weighted by molar-refractivity contribution is 14.0. The summed E-state index contributed by atoms with van der Waals surface area (Å²) in [5, 5.41) is 16.8. The Balaban J connectivity index is 0.00000450. The third kappa shape index (κ3) is 9.90. The zero-order valence-electron chi connectivity index (χ0n) is 17.8. The molecule has 1 heterocycles. The number of aliphatic imine (C=N–C) groups is 1. The smallest absolute Gasteiger partial charge is 0.213 e. The first-order valence-electron chi connectivity index (χ1n) is 10.2. The van der Waals surface area contributed by atoms with Crippen molar-refractivity contribution in [1.82, 2.24) is 15.4 Å². The van der Waals surface area contributed by atoms with E-state index in [1.54, 1.807) is 6.92 Å². The van der Waals surface area contributed by atoms with Crippen molar-refractivity contribution in [1.29, 1.82) is 0 Å². The van der Waals surface area contributed by atoms with Gasteiger partial charge in [0.1, 0.15) is 5.60 Å². The Hall–Kier alpha value is -0.950. The molecule has 0 bridgehead atoms. The third-order valence-electron chi connectivity index (χ3n) is 4.75. The first kappa shape index (κ1) is 27.1. The Morgan fingerprint density at radius 2 is 2.00 bits per heavy atom. The summed E-state index contributed by atoms with van der Waals surface area (Å²) in [5.74, 6) is 0.397. The van der Waals surface area contributed by atoms with Crippen LogP contribution in [0.1, 0.15) is 38.7 Å². The maximum absolute atomic E-state index is 12.2. The number of hydrogen-bond donors (Lipinski definition) is 4. The quantitative estimate of drug-likeness (QED) is 0.199. The van der Waals surface area contributed by atoms with Gasteiger partial charge in [0.25, 0.3) is 0 Å². The summed E-state index contributed by atoms with van der Waals surface area (Å²) in [7, 11) is -3.40.